The molecule has 4 fully saturated rings. The largest absolute Gasteiger partial charge is 0.504 e. The van der Waals surface area contributed by atoms with Crippen molar-refractivity contribution in [3.05, 3.63) is 29.8 Å². The van der Waals surface area contributed by atoms with Crippen LogP contribution in [0.2, 0.25) is 0 Å². The summed E-state index contributed by atoms with van der Waals surface area (Å²) in [4.78, 5) is 12.9. The summed E-state index contributed by atoms with van der Waals surface area (Å²) in [6, 6.07) is 4.74. The summed E-state index contributed by atoms with van der Waals surface area (Å²) < 4.78 is 53.7. The molecule has 4 aliphatic rings. The van der Waals surface area contributed by atoms with Gasteiger partial charge in [-0.25, -0.2) is 4.79 Å². The van der Waals surface area contributed by atoms with Crippen LogP contribution in [-0.2, 0) is 42.7 Å². The lowest BCUT2D eigenvalue weighted by atomic mass is 9.88. The number of benzene rings is 1. The van der Waals surface area contributed by atoms with Gasteiger partial charge in [-0.3, -0.25) is 0 Å². The molecule has 1 aromatic carbocycles. The molecular weight excluding hydrogens is 540 g/mol. The molecule has 10 atom stereocenters. The minimum atomic E-state index is -1.16. The van der Waals surface area contributed by atoms with Crippen molar-refractivity contribution in [2.75, 3.05) is 13.7 Å². The molecule has 1 aromatic rings. The Kier molecular flexibility index (Phi) is 8.40. The molecule has 5 rings (SSSR count). The molecule has 12 heteroatoms. The van der Waals surface area contributed by atoms with E-state index >= 15 is 0 Å². The second kappa shape index (κ2) is 11.4. The number of aliphatic hydroxyl groups is 1. The average molecular weight is 581 g/mol. The molecule has 0 bridgehead atoms. The first-order valence-corrected chi connectivity index (χ1v) is 13.8. The molecule has 41 heavy (non-hydrogen) atoms. The number of phenolic OH excluding ortho intramolecular Hbond substituents is 1. The first kappa shape index (κ1) is 30.2. The van der Waals surface area contributed by atoms with Gasteiger partial charge in [0.15, 0.2) is 35.7 Å². The molecule has 228 valence electrons. The van der Waals surface area contributed by atoms with Crippen molar-refractivity contribution in [1.29, 1.82) is 0 Å². The molecular formula is C29H40O12. The lowest BCUT2D eigenvalue weighted by molar-refractivity contribution is -0.394. The summed E-state index contributed by atoms with van der Waals surface area (Å²) in [5.74, 6) is -2.54. The van der Waals surface area contributed by atoms with Gasteiger partial charge in [0.2, 0.25) is 0 Å². The highest BCUT2D eigenvalue weighted by molar-refractivity contribution is 5.87. The van der Waals surface area contributed by atoms with Crippen LogP contribution < -0.4 is 4.74 Å². The maximum absolute atomic E-state index is 12.9. The Labute approximate surface area is 239 Å². The topological polar surface area (TPSA) is 141 Å². The predicted molar refractivity (Wildman–Crippen MR) is 142 cm³/mol. The first-order valence-electron chi connectivity index (χ1n) is 13.8. The molecule has 0 aromatic heterocycles. The van der Waals surface area contributed by atoms with Crippen LogP contribution in [0, 0.1) is 5.92 Å². The summed E-state index contributed by atoms with van der Waals surface area (Å²) in [6.45, 7) is 11.0. The number of esters is 1. The van der Waals surface area contributed by atoms with E-state index in [4.69, 9.17) is 42.6 Å². The highest BCUT2D eigenvalue weighted by Crippen LogP contribution is 2.42. The number of carbonyl (C=O) groups is 1. The highest BCUT2D eigenvalue weighted by Gasteiger charge is 2.58. The second-order valence-electron chi connectivity index (χ2n) is 11.7. The molecule has 0 radical (unpaired) electrons. The molecule has 0 amide bonds. The SMILES string of the molecule is COc1cc(/C=C/C(=O)OC2C(C)OC(OC3C(C)OC(O)C4OC(C)(C)OC34)C3OC(C)(C)OCC23)ccc1O. The molecule has 0 saturated carbocycles. The number of phenols is 1. The molecule has 12 nitrogen and oxygen atoms in total. The van der Waals surface area contributed by atoms with E-state index in [2.05, 4.69) is 0 Å². The molecule has 4 saturated heterocycles. The molecule has 10 unspecified atom stereocenters. The van der Waals surface area contributed by atoms with E-state index in [9.17, 15) is 15.0 Å². The quantitative estimate of drug-likeness (QED) is 0.377. The van der Waals surface area contributed by atoms with Crippen LogP contribution in [0.15, 0.2) is 24.3 Å². The number of fused-ring (bicyclic) bond motifs is 2. The minimum absolute atomic E-state index is 0.0000528. The van der Waals surface area contributed by atoms with E-state index in [0.29, 0.717) is 11.3 Å². The van der Waals surface area contributed by atoms with Gasteiger partial charge in [-0.05, 0) is 65.3 Å². The van der Waals surface area contributed by atoms with E-state index in [1.54, 1.807) is 59.8 Å². The number of hydrogen-bond donors (Lipinski definition) is 2. The zero-order chi connectivity index (χ0) is 29.7. The molecule has 0 aliphatic carbocycles. The fourth-order valence-electron chi connectivity index (χ4n) is 5.80. The fourth-order valence-corrected chi connectivity index (χ4v) is 5.80. The maximum atomic E-state index is 12.9. The van der Waals surface area contributed by atoms with Gasteiger partial charge < -0.3 is 52.8 Å². The Morgan fingerprint density at radius 3 is 2.39 bits per heavy atom. The summed E-state index contributed by atoms with van der Waals surface area (Å²) in [7, 11) is 1.45. The van der Waals surface area contributed by atoms with Crippen molar-refractivity contribution in [1.82, 2.24) is 0 Å². The van der Waals surface area contributed by atoms with Gasteiger partial charge in [0.25, 0.3) is 0 Å². The van der Waals surface area contributed by atoms with Gasteiger partial charge in [-0.2, -0.15) is 0 Å². The molecule has 2 N–H and O–H groups in total. The van der Waals surface area contributed by atoms with Crippen LogP contribution in [0.25, 0.3) is 6.08 Å². The first-order chi connectivity index (χ1) is 19.3. The van der Waals surface area contributed by atoms with E-state index in [1.807, 2.05) is 0 Å². The van der Waals surface area contributed by atoms with Gasteiger partial charge in [-0.15, -0.1) is 0 Å². The van der Waals surface area contributed by atoms with E-state index in [0.717, 1.165) is 0 Å². The summed E-state index contributed by atoms with van der Waals surface area (Å²) in [5, 5.41) is 20.3. The van der Waals surface area contributed by atoms with Crippen LogP contribution in [-0.4, -0.2) is 96.8 Å². The Bertz CT molecular complexity index is 1130. The standard InChI is InChI=1S/C29H40O12/c1-14-21(37-20(31)11-9-16-8-10-18(30)19(12-16)33-7)17-13-34-28(3,4)39-23(17)27(36-14)38-22-15(2)35-26(32)25-24(22)40-29(5,6)41-25/h8-12,14-15,17,21-27,30,32H,13H2,1-7H3/b11-9+. The maximum Gasteiger partial charge on any atom is 0.331 e. The third kappa shape index (κ3) is 6.40. The Balaban J connectivity index is 1.31. The van der Waals surface area contributed by atoms with Crippen molar-refractivity contribution in [2.45, 2.75) is 108 Å². The van der Waals surface area contributed by atoms with Crippen molar-refractivity contribution < 1.29 is 57.6 Å². The van der Waals surface area contributed by atoms with Crippen LogP contribution >= 0.6 is 0 Å². The Hall–Kier alpha value is -2.29. The lowest BCUT2D eigenvalue weighted by Crippen LogP contribution is -2.65. The zero-order valence-corrected chi connectivity index (χ0v) is 24.3. The smallest absolute Gasteiger partial charge is 0.331 e. The van der Waals surface area contributed by atoms with Gasteiger partial charge in [0.1, 0.15) is 30.5 Å². The number of hydrogen-bond acceptors (Lipinski definition) is 12. The number of carbonyl (C=O) groups excluding carboxylic acids is 1. The van der Waals surface area contributed by atoms with Crippen molar-refractivity contribution in [3.8, 4) is 11.5 Å². The highest BCUT2D eigenvalue weighted by atomic mass is 16.8. The minimum Gasteiger partial charge on any atom is -0.504 e. The molecule has 4 heterocycles. The van der Waals surface area contributed by atoms with E-state index < -0.39 is 78.8 Å². The lowest BCUT2D eigenvalue weighted by Gasteiger charge is -2.51. The Morgan fingerprint density at radius 2 is 1.66 bits per heavy atom. The Morgan fingerprint density at radius 1 is 0.976 bits per heavy atom. The van der Waals surface area contributed by atoms with Gasteiger partial charge >= 0.3 is 5.97 Å². The average Bonchev–Trinajstić information content (AvgIpc) is 3.23. The molecule has 4 aliphatic heterocycles. The zero-order valence-electron chi connectivity index (χ0n) is 24.3. The normalized spacial score (nSPS) is 39.6. The van der Waals surface area contributed by atoms with Crippen molar-refractivity contribution >= 4 is 12.0 Å². The van der Waals surface area contributed by atoms with Crippen LogP contribution in [0.3, 0.4) is 0 Å². The number of ether oxygens (including phenoxy) is 9. The summed E-state index contributed by atoms with van der Waals surface area (Å²) in [6.07, 6.45) is -3.57. The summed E-state index contributed by atoms with van der Waals surface area (Å²) >= 11 is 0. The number of rotatable bonds is 6. The summed E-state index contributed by atoms with van der Waals surface area (Å²) in [5.41, 5.74) is 0.649. The second-order valence-corrected chi connectivity index (χ2v) is 11.7. The number of aromatic hydroxyl groups is 1. The number of methoxy groups -OCH3 is 1. The van der Waals surface area contributed by atoms with Crippen LogP contribution in [0.5, 0.6) is 11.5 Å². The fraction of sp³-hybridized carbons (Fsp3) is 0.690. The van der Waals surface area contributed by atoms with Gasteiger partial charge in [0.05, 0.1) is 31.8 Å². The predicted octanol–water partition coefficient (Wildman–Crippen LogP) is 2.48. The van der Waals surface area contributed by atoms with Crippen molar-refractivity contribution in [2.24, 2.45) is 5.92 Å². The van der Waals surface area contributed by atoms with Crippen LogP contribution in [0.4, 0.5) is 0 Å². The third-order valence-corrected chi connectivity index (χ3v) is 7.71. The van der Waals surface area contributed by atoms with Gasteiger partial charge in [-0.1, -0.05) is 6.07 Å². The third-order valence-electron chi connectivity index (χ3n) is 7.71. The van der Waals surface area contributed by atoms with Crippen molar-refractivity contribution in [3.63, 3.8) is 0 Å². The van der Waals surface area contributed by atoms with E-state index in [1.165, 1.54) is 19.3 Å². The van der Waals surface area contributed by atoms with Crippen LogP contribution in [0.1, 0.15) is 47.1 Å². The van der Waals surface area contributed by atoms with Gasteiger partial charge in [0, 0.05) is 6.08 Å². The monoisotopic (exact) mass is 580 g/mol. The van der Waals surface area contributed by atoms with E-state index in [-0.39, 0.29) is 12.4 Å². The number of aliphatic hydroxyl groups excluding tert-OH is 1. The molecule has 0 spiro atoms.